The smallest absolute Gasteiger partial charge is 0.227 e. The molecule has 1 fully saturated rings. The highest BCUT2D eigenvalue weighted by Gasteiger charge is 2.34. The molecule has 0 radical (unpaired) electrons. The van der Waals surface area contributed by atoms with E-state index in [-0.39, 0.29) is 11.8 Å². The number of para-hydroxylation sites is 3. The minimum absolute atomic E-state index is 0.00468. The summed E-state index contributed by atoms with van der Waals surface area (Å²) < 4.78 is 13.6. The molecule has 1 amide bonds. The maximum atomic E-state index is 13.0. The fourth-order valence-corrected chi connectivity index (χ4v) is 4.75. The van der Waals surface area contributed by atoms with Gasteiger partial charge in [-0.05, 0) is 54.4 Å². The zero-order chi connectivity index (χ0) is 24.2. The third kappa shape index (κ3) is 4.64. The van der Waals surface area contributed by atoms with Gasteiger partial charge in [-0.2, -0.15) is 0 Å². The van der Waals surface area contributed by atoms with Gasteiger partial charge in [-0.1, -0.05) is 36.4 Å². The van der Waals surface area contributed by atoms with Crippen molar-refractivity contribution in [1.82, 2.24) is 9.55 Å². The van der Waals surface area contributed by atoms with Crippen LogP contribution in [0.25, 0.3) is 11.0 Å². The van der Waals surface area contributed by atoms with Crippen molar-refractivity contribution in [3.05, 3.63) is 96.8 Å². The van der Waals surface area contributed by atoms with Crippen LogP contribution in [0.5, 0.6) is 11.5 Å². The second-order valence-corrected chi connectivity index (χ2v) is 8.66. The van der Waals surface area contributed by atoms with Crippen LogP contribution >= 0.6 is 0 Å². The van der Waals surface area contributed by atoms with Gasteiger partial charge < -0.3 is 18.9 Å². The normalized spacial score (nSPS) is 15.5. The fourth-order valence-electron chi connectivity index (χ4n) is 4.75. The maximum absolute atomic E-state index is 13.0. The number of hydrogen-bond acceptors (Lipinski definition) is 4. The van der Waals surface area contributed by atoms with Gasteiger partial charge in [0.1, 0.15) is 23.9 Å². The van der Waals surface area contributed by atoms with Gasteiger partial charge in [-0.3, -0.25) is 4.79 Å². The molecule has 0 spiro atoms. The summed E-state index contributed by atoms with van der Waals surface area (Å²) in [6.45, 7) is 5.59. The Morgan fingerprint density at radius 3 is 2.63 bits per heavy atom. The number of carbonyl (C=O) groups is 1. The number of anilines is 1. The molecule has 1 aromatic heterocycles. The van der Waals surface area contributed by atoms with Crippen LogP contribution in [0.2, 0.25) is 0 Å². The average molecular weight is 468 g/mol. The molecule has 0 saturated carbocycles. The standard InChI is InChI=1S/C29H29N3O3/c1-3-8-21-9-4-7-12-27(21)35-18-17-31-26-11-6-5-10-25(26)30-29(31)22-19-28(33)32(20-22)23-13-15-24(34-2)16-14-23/h3-7,9-16,22H,1,8,17-20H2,2H3. The van der Waals surface area contributed by atoms with E-state index in [2.05, 4.69) is 23.3 Å². The first kappa shape index (κ1) is 22.7. The summed E-state index contributed by atoms with van der Waals surface area (Å²) in [4.78, 5) is 19.8. The van der Waals surface area contributed by atoms with Crippen LogP contribution in [-0.2, 0) is 17.8 Å². The molecule has 2 heterocycles. The molecular formula is C29H29N3O3. The molecule has 0 bridgehead atoms. The molecule has 0 N–H and O–H groups in total. The van der Waals surface area contributed by atoms with E-state index in [0.29, 0.717) is 26.1 Å². The van der Waals surface area contributed by atoms with Crippen LogP contribution < -0.4 is 14.4 Å². The summed E-state index contributed by atoms with van der Waals surface area (Å²) in [6.07, 6.45) is 3.08. The zero-order valence-electron chi connectivity index (χ0n) is 19.9. The third-order valence-corrected chi connectivity index (χ3v) is 6.47. The number of allylic oxidation sites excluding steroid dienone is 1. The number of imidazole rings is 1. The molecule has 35 heavy (non-hydrogen) atoms. The number of methoxy groups -OCH3 is 1. The number of fused-ring (bicyclic) bond motifs is 1. The van der Waals surface area contributed by atoms with E-state index in [1.807, 2.05) is 71.6 Å². The SMILES string of the molecule is C=CCc1ccccc1OCCn1c(C2CC(=O)N(c3ccc(OC)cc3)C2)nc2ccccc21. The monoisotopic (exact) mass is 467 g/mol. The number of amides is 1. The average Bonchev–Trinajstić information content (AvgIpc) is 3.46. The second kappa shape index (κ2) is 10.1. The number of aromatic nitrogens is 2. The number of benzene rings is 3. The Morgan fingerprint density at radius 2 is 1.83 bits per heavy atom. The number of nitrogens with zero attached hydrogens (tertiary/aromatic N) is 3. The Hall–Kier alpha value is -4.06. The lowest BCUT2D eigenvalue weighted by atomic mass is 10.1. The summed E-state index contributed by atoms with van der Waals surface area (Å²) in [5.41, 5.74) is 3.99. The second-order valence-electron chi connectivity index (χ2n) is 8.66. The summed E-state index contributed by atoms with van der Waals surface area (Å²) >= 11 is 0. The van der Waals surface area contributed by atoms with Crippen molar-refractivity contribution in [3.63, 3.8) is 0 Å². The third-order valence-electron chi connectivity index (χ3n) is 6.47. The van der Waals surface area contributed by atoms with Gasteiger partial charge in [0.15, 0.2) is 0 Å². The van der Waals surface area contributed by atoms with Crippen molar-refractivity contribution < 1.29 is 14.3 Å². The molecule has 5 rings (SSSR count). The Morgan fingerprint density at radius 1 is 1.06 bits per heavy atom. The van der Waals surface area contributed by atoms with Crippen molar-refractivity contribution in [2.75, 3.05) is 25.2 Å². The lowest BCUT2D eigenvalue weighted by Crippen LogP contribution is -2.24. The summed E-state index contributed by atoms with van der Waals surface area (Å²) in [5.74, 6) is 2.69. The molecule has 1 aliphatic rings. The van der Waals surface area contributed by atoms with Crippen LogP contribution in [0.3, 0.4) is 0 Å². The Bertz CT molecular complexity index is 1340. The molecule has 1 atom stereocenters. The van der Waals surface area contributed by atoms with E-state index in [1.165, 1.54) is 0 Å². The highest BCUT2D eigenvalue weighted by molar-refractivity contribution is 5.96. The molecule has 6 nitrogen and oxygen atoms in total. The minimum atomic E-state index is 0.00468. The number of hydrogen-bond donors (Lipinski definition) is 0. The summed E-state index contributed by atoms with van der Waals surface area (Å²) in [6, 6.07) is 23.8. The zero-order valence-corrected chi connectivity index (χ0v) is 19.9. The van der Waals surface area contributed by atoms with Crippen molar-refractivity contribution in [1.29, 1.82) is 0 Å². The van der Waals surface area contributed by atoms with Gasteiger partial charge in [0.25, 0.3) is 0 Å². The molecule has 1 aliphatic heterocycles. The highest BCUT2D eigenvalue weighted by Crippen LogP contribution is 2.34. The van der Waals surface area contributed by atoms with Crippen molar-refractivity contribution in [2.24, 2.45) is 0 Å². The van der Waals surface area contributed by atoms with Crippen molar-refractivity contribution in [2.45, 2.75) is 25.3 Å². The molecule has 178 valence electrons. The van der Waals surface area contributed by atoms with Gasteiger partial charge in [-0.15, -0.1) is 6.58 Å². The molecule has 1 saturated heterocycles. The predicted molar refractivity (Wildman–Crippen MR) is 138 cm³/mol. The molecule has 4 aromatic rings. The van der Waals surface area contributed by atoms with Crippen LogP contribution in [0.15, 0.2) is 85.5 Å². The van der Waals surface area contributed by atoms with Crippen molar-refractivity contribution >= 4 is 22.6 Å². The Kier molecular flexibility index (Phi) is 6.53. The maximum Gasteiger partial charge on any atom is 0.227 e. The Balaban J connectivity index is 1.38. The van der Waals surface area contributed by atoms with Gasteiger partial charge in [-0.25, -0.2) is 4.98 Å². The van der Waals surface area contributed by atoms with Gasteiger partial charge >= 0.3 is 0 Å². The van der Waals surface area contributed by atoms with Crippen LogP contribution in [0.4, 0.5) is 5.69 Å². The largest absolute Gasteiger partial charge is 0.497 e. The van der Waals surface area contributed by atoms with Crippen LogP contribution in [0.1, 0.15) is 23.7 Å². The predicted octanol–water partition coefficient (Wildman–Crippen LogP) is 5.37. The summed E-state index contributed by atoms with van der Waals surface area (Å²) in [5, 5.41) is 0. The molecule has 1 unspecified atom stereocenters. The number of carbonyl (C=O) groups excluding carboxylic acids is 1. The lowest BCUT2D eigenvalue weighted by Gasteiger charge is -2.18. The number of rotatable bonds is 9. The van der Waals surface area contributed by atoms with E-state index in [0.717, 1.165) is 46.0 Å². The van der Waals surface area contributed by atoms with E-state index in [4.69, 9.17) is 14.5 Å². The molecular weight excluding hydrogens is 438 g/mol. The van der Waals surface area contributed by atoms with Gasteiger partial charge in [0.05, 0.1) is 24.7 Å². The summed E-state index contributed by atoms with van der Waals surface area (Å²) in [7, 11) is 1.64. The lowest BCUT2D eigenvalue weighted by molar-refractivity contribution is -0.117. The highest BCUT2D eigenvalue weighted by atomic mass is 16.5. The van der Waals surface area contributed by atoms with Crippen LogP contribution in [0, 0.1) is 0 Å². The molecule has 6 heteroatoms. The quantitative estimate of drug-likeness (QED) is 0.311. The first-order chi connectivity index (χ1) is 17.2. The topological polar surface area (TPSA) is 56.6 Å². The number of ether oxygens (including phenoxy) is 2. The fraction of sp³-hybridized carbons (Fsp3) is 0.241. The van der Waals surface area contributed by atoms with Crippen molar-refractivity contribution in [3.8, 4) is 11.5 Å². The first-order valence-electron chi connectivity index (χ1n) is 11.9. The Labute approximate surface area is 205 Å². The van der Waals surface area contributed by atoms with E-state index < -0.39 is 0 Å². The molecule has 3 aromatic carbocycles. The first-order valence-corrected chi connectivity index (χ1v) is 11.9. The van der Waals surface area contributed by atoms with E-state index in [9.17, 15) is 4.79 Å². The van der Waals surface area contributed by atoms with E-state index >= 15 is 0 Å². The van der Waals surface area contributed by atoms with Gasteiger partial charge in [0.2, 0.25) is 5.91 Å². The van der Waals surface area contributed by atoms with E-state index in [1.54, 1.807) is 7.11 Å². The minimum Gasteiger partial charge on any atom is -0.497 e. The van der Waals surface area contributed by atoms with Gasteiger partial charge in [0, 0.05) is 24.6 Å². The van der Waals surface area contributed by atoms with Crippen LogP contribution in [-0.4, -0.2) is 35.7 Å². The molecule has 0 aliphatic carbocycles.